The zero-order valence-corrected chi connectivity index (χ0v) is 13.0. The maximum Gasteiger partial charge on any atom is 0.245 e. The number of ether oxygens (including phenoxy) is 1. The highest BCUT2D eigenvalue weighted by Gasteiger charge is 2.10. The van der Waals surface area contributed by atoms with Gasteiger partial charge in [0, 0.05) is 6.54 Å². The summed E-state index contributed by atoms with van der Waals surface area (Å²) in [5, 5.41) is 3.18. The van der Waals surface area contributed by atoms with Gasteiger partial charge in [0.05, 0.1) is 12.9 Å². The number of aromatic amines is 1. The molecule has 2 aromatic rings. The van der Waals surface area contributed by atoms with Gasteiger partial charge in [0.25, 0.3) is 0 Å². The number of hydrogen-bond acceptors (Lipinski definition) is 5. The Hall–Kier alpha value is -1.85. The van der Waals surface area contributed by atoms with Gasteiger partial charge in [0.15, 0.2) is 5.65 Å². The first kappa shape index (κ1) is 15.5. The van der Waals surface area contributed by atoms with E-state index in [0.29, 0.717) is 24.1 Å². The van der Waals surface area contributed by atoms with Crippen LogP contribution in [-0.4, -0.2) is 33.1 Å². The van der Waals surface area contributed by atoms with E-state index < -0.39 is 0 Å². The Labute approximate surface area is 125 Å². The molecule has 6 nitrogen and oxygen atoms in total. The third-order valence-electron chi connectivity index (χ3n) is 3.27. The van der Waals surface area contributed by atoms with Gasteiger partial charge in [-0.1, -0.05) is 39.5 Å². The van der Waals surface area contributed by atoms with E-state index in [-0.39, 0.29) is 0 Å². The Balaban J connectivity index is 1.95. The van der Waals surface area contributed by atoms with Gasteiger partial charge in [0.1, 0.15) is 5.52 Å². The molecule has 2 rings (SSSR count). The number of hydrogen-bond donors (Lipinski definition) is 2. The Morgan fingerprint density at radius 2 is 1.95 bits per heavy atom. The standard InChI is InChI=1S/C15H25N5O/c1-3-5-6-7-8-10-21-14-12-13(18-11-17-12)19-15(20-14)16-9-4-2/h11H,3-10H2,1-2H3,(H2,16,17,18,19,20). The van der Waals surface area contributed by atoms with Gasteiger partial charge in [-0.05, 0) is 12.8 Å². The number of nitrogens with one attached hydrogen (secondary N) is 2. The smallest absolute Gasteiger partial charge is 0.245 e. The molecule has 0 saturated heterocycles. The van der Waals surface area contributed by atoms with Gasteiger partial charge in [0.2, 0.25) is 11.8 Å². The average Bonchev–Trinajstić information content (AvgIpc) is 2.97. The molecule has 0 spiro atoms. The molecule has 2 N–H and O–H groups in total. The topological polar surface area (TPSA) is 75.7 Å². The largest absolute Gasteiger partial charge is 0.476 e. The van der Waals surface area contributed by atoms with Crippen LogP contribution in [0.15, 0.2) is 6.33 Å². The second-order valence-electron chi connectivity index (χ2n) is 5.14. The zero-order chi connectivity index (χ0) is 14.9. The predicted molar refractivity (Wildman–Crippen MR) is 84.7 cm³/mol. The summed E-state index contributed by atoms with van der Waals surface area (Å²) in [6.45, 7) is 5.85. The Kier molecular flexibility index (Phi) is 6.24. The number of unbranched alkanes of at least 4 members (excludes halogenated alkanes) is 4. The number of rotatable bonds is 10. The van der Waals surface area contributed by atoms with E-state index in [2.05, 4.69) is 39.1 Å². The molecule has 2 aromatic heterocycles. The van der Waals surface area contributed by atoms with Crippen molar-refractivity contribution in [2.75, 3.05) is 18.5 Å². The Bertz CT molecular complexity index is 540. The SMILES string of the molecule is CCCCCCCOc1nc(NCCC)nc2nc[nH]c12. The molecule has 0 unspecified atom stereocenters. The van der Waals surface area contributed by atoms with Gasteiger partial charge >= 0.3 is 0 Å². The number of anilines is 1. The molecule has 0 aliphatic carbocycles. The van der Waals surface area contributed by atoms with Gasteiger partial charge in [-0.25, -0.2) is 4.98 Å². The van der Waals surface area contributed by atoms with E-state index in [1.54, 1.807) is 6.33 Å². The first-order valence-corrected chi connectivity index (χ1v) is 7.93. The van der Waals surface area contributed by atoms with Crippen LogP contribution in [0, 0.1) is 0 Å². The van der Waals surface area contributed by atoms with Crippen LogP contribution in [0.3, 0.4) is 0 Å². The highest BCUT2D eigenvalue weighted by atomic mass is 16.5. The van der Waals surface area contributed by atoms with Crippen molar-refractivity contribution in [3.05, 3.63) is 6.33 Å². The number of H-pyrrole nitrogens is 1. The molecular weight excluding hydrogens is 266 g/mol. The fraction of sp³-hybridized carbons (Fsp3) is 0.667. The van der Waals surface area contributed by atoms with Crippen molar-refractivity contribution in [3.8, 4) is 5.88 Å². The second kappa shape index (κ2) is 8.44. The fourth-order valence-corrected chi connectivity index (χ4v) is 2.10. The third-order valence-corrected chi connectivity index (χ3v) is 3.27. The summed E-state index contributed by atoms with van der Waals surface area (Å²) in [5.41, 5.74) is 1.41. The van der Waals surface area contributed by atoms with Crippen molar-refractivity contribution in [2.45, 2.75) is 52.4 Å². The first-order chi connectivity index (χ1) is 10.3. The van der Waals surface area contributed by atoms with Crippen LogP contribution in [-0.2, 0) is 0 Å². The molecule has 0 amide bonds. The first-order valence-electron chi connectivity index (χ1n) is 7.93. The van der Waals surface area contributed by atoms with Crippen LogP contribution in [0.5, 0.6) is 5.88 Å². The van der Waals surface area contributed by atoms with Gasteiger partial charge in [-0.2, -0.15) is 9.97 Å². The molecular formula is C15H25N5O. The van der Waals surface area contributed by atoms with Crippen LogP contribution in [0.2, 0.25) is 0 Å². The molecule has 0 atom stereocenters. The highest BCUT2D eigenvalue weighted by molar-refractivity contribution is 5.76. The molecule has 0 aliphatic rings. The lowest BCUT2D eigenvalue weighted by Gasteiger charge is -2.08. The number of fused-ring (bicyclic) bond motifs is 1. The van der Waals surface area contributed by atoms with Crippen molar-refractivity contribution in [2.24, 2.45) is 0 Å². The number of nitrogens with zero attached hydrogens (tertiary/aromatic N) is 3. The van der Waals surface area contributed by atoms with Gasteiger partial charge in [-0.3, -0.25) is 0 Å². The molecule has 0 bridgehead atoms. The van der Waals surface area contributed by atoms with Crippen molar-refractivity contribution >= 4 is 17.1 Å². The van der Waals surface area contributed by atoms with E-state index in [9.17, 15) is 0 Å². The summed E-state index contributed by atoms with van der Waals surface area (Å²) in [5.74, 6) is 1.17. The van der Waals surface area contributed by atoms with Gasteiger partial charge in [-0.15, -0.1) is 0 Å². The quantitative estimate of drug-likeness (QED) is 0.655. The third kappa shape index (κ3) is 4.58. The highest BCUT2D eigenvalue weighted by Crippen LogP contribution is 2.21. The minimum atomic E-state index is 0.581. The van der Waals surface area contributed by atoms with E-state index in [1.165, 1.54) is 25.7 Å². The average molecular weight is 291 g/mol. The van der Waals surface area contributed by atoms with E-state index in [4.69, 9.17) is 4.74 Å². The minimum Gasteiger partial charge on any atom is -0.476 e. The molecule has 116 valence electrons. The molecule has 0 radical (unpaired) electrons. The van der Waals surface area contributed by atoms with Crippen molar-refractivity contribution < 1.29 is 4.74 Å². The van der Waals surface area contributed by atoms with Crippen molar-refractivity contribution in [1.82, 2.24) is 19.9 Å². The summed E-state index contributed by atoms with van der Waals surface area (Å²) >= 11 is 0. The molecule has 0 saturated carbocycles. The van der Waals surface area contributed by atoms with Crippen molar-refractivity contribution in [1.29, 1.82) is 0 Å². The van der Waals surface area contributed by atoms with Crippen LogP contribution in [0.4, 0.5) is 5.95 Å². The number of imidazole rings is 1. The molecule has 21 heavy (non-hydrogen) atoms. The lowest BCUT2D eigenvalue weighted by molar-refractivity contribution is 0.296. The normalized spacial score (nSPS) is 11.0. The summed E-state index contributed by atoms with van der Waals surface area (Å²) < 4.78 is 5.82. The zero-order valence-electron chi connectivity index (χ0n) is 13.0. The Morgan fingerprint density at radius 1 is 1.10 bits per heavy atom. The van der Waals surface area contributed by atoms with Gasteiger partial charge < -0.3 is 15.0 Å². The van der Waals surface area contributed by atoms with E-state index >= 15 is 0 Å². The maximum atomic E-state index is 5.82. The van der Waals surface area contributed by atoms with Crippen LogP contribution in [0.25, 0.3) is 11.2 Å². The lowest BCUT2D eigenvalue weighted by Crippen LogP contribution is -2.07. The van der Waals surface area contributed by atoms with Crippen molar-refractivity contribution in [3.63, 3.8) is 0 Å². The van der Waals surface area contributed by atoms with Crippen LogP contribution >= 0.6 is 0 Å². The maximum absolute atomic E-state index is 5.82. The Morgan fingerprint density at radius 3 is 2.76 bits per heavy atom. The van der Waals surface area contributed by atoms with E-state index in [1.807, 2.05) is 0 Å². The fourth-order valence-electron chi connectivity index (χ4n) is 2.10. The lowest BCUT2D eigenvalue weighted by atomic mass is 10.2. The minimum absolute atomic E-state index is 0.581. The summed E-state index contributed by atoms with van der Waals surface area (Å²) in [4.78, 5) is 16.0. The summed E-state index contributed by atoms with van der Waals surface area (Å²) in [6.07, 6.45) is 8.72. The van der Waals surface area contributed by atoms with Crippen LogP contribution in [0.1, 0.15) is 52.4 Å². The second-order valence-corrected chi connectivity index (χ2v) is 5.14. The summed E-state index contributed by atoms with van der Waals surface area (Å²) in [6, 6.07) is 0. The number of aromatic nitrogens is 4. The van der Waals surface area contributed by atoms with E-state index in [0.717, 1.165) is 24.9 Å². The molecule has 0 aromatic carbocycles. The molecule has 0 fully saturated rings. The monoisotopic (exact) mass is 291 g/mol. The molecule has 0 aliphatic heterocycles. The molecule has 2 heterocycles. The van der Waals surface area contributed by atoms with Crippen LogP contribution < -0.4 is 10.1 Å². The predicted octanol–water partition coefficient (Wildman–Crippen LogP) is 3.52. The molecule has 6 heteroatoms. The summed E-state index contributed by atoms with van der Waals surface area (Å²) in [7, 11) is 0.